The number of aromatic nitrogens is 1. The van der Waals surface area contributed by atoms with Gasteiger partial charge in [0.15, 0.2) is 0 Å². The van der Waals surface area contributed by atoms with E-state index in [1.807, 2.05) is 48.7 Å². The molecule has 3 nitrogen and oxygen atoms in total. The quantitative estimate of drug-likeness (QED) is 0.347. The highest BCUT2D eigenvalue weighted by Gasteiger charge is 2.13. The molecule has 0 aliphatic heterocycles. The molecule has 28 heavy (non-hydrogen) atoms. The molecule has 0 N–H and O–H groups in total. The first-order chi connectivity index (χ1) is 13.8. The Kier molecular flexibility index (Phi) is 4.11. The molecular weight excluding hydrogens is 366 g/mol. The summed E-state index contributed by atoms with van der Waals surface area (Å²) in [7, 11) is 0. The molecule has 3 aromatic carbocycles. The van der Waals surface area contributed by atoms with Crippen LogP contribution >= 0.6 is 11.3 Å². The largest absolute Gasteiger partial charge is 0.422 e. The Balaban J connectivity index is 1.50. The van der Waals surface area contributed by atoms with Crippen molar-refractivity contribution in [2.24, 2.45) is 0 Å². The minimum Gasteiger partial charge on any atom is -0.422 e. The minimum atomic E-state index is -0.362. The van der Waals surface area contributed by atoms with Gasteiger partial charge in [0.1, 0.15) is 10.6 Å². The van der Waals surface area contributed by atoms with E-state index in [4.69, 9.17) is 4.42 Å². The summed E-state index contributed by atoms with van der Waals surface area (Å²) in [6.45, 7) is 0. The summed E-state index contributed by atoms with van der Waals surface area (Å²) >= 11 is 1.49. The van der Waals surface area contributed by atoms with Crippen molar-refractivity contribution < 1.29 is 4.42 Å². The lowest BCUT2D eigenvalue weighted by atomic mass is 10.0. The standard InChI is InChI=1S/C24H15NO2S/c26-24-20(14-19-8-4-5-9-21(19)27-24)23-25-15-22(28-23)18-12-10-17(11-13-18)16-6-2-1-3-7-16/h1-15H. The van der Waals surface area contributed by atoms with E-state index in [1.165, 1.54) is 22.5 Å². The van der Waals surface area contributed by atoms with Crippen molar-refractivity contribution in [3.05, 3.63) is 102 Å². The maximum atomic E-state index is 12.4. The molecule has 0 saturated carbocycles. The van der Waals surface area contributed by atoms with Crippen molar-refractivity contribution in [3.8, 4) is 32.1 Å². The van der Waals surface area contributed by atoms with Gasteiger partial charge in [-0.3, -0.25) is 0 Å². The number of thiazole rings is 1. The molecule has 0 saturated heterocycles. The van der Waals surface area contributed by atoms with E-state index < -0.39 is 0 Å². The Hall–Kier alpha value is -3.50. The summed E-state index contributed by atoms with van der Waals surface area (Å²) in [5.41, 5.74) is 4.16. The first kappa shape index (κ1) is 16.7. The second-order valence-corrected chi connectivity index (χ2v) is 7.49. The molecule has 5 aromatic rings. The van der Waals surface area contributed by atoms with Crippen LogP contribution in [0.3, 0.4) is 0 Å². The maximum absolute atomic E-state index is 12.4. The maximum Gasteiger partial charge on any atom is 0.346 e. The van der Waals surface area contributed by atoms with Gasteiger partial charge in [-0.15, -0.1) is 11.3 Å². The highest BCUT2D eigenvalue weighted by molar-refractivity contribution is 7.18. The Morgan fingerprint density at radius 3 is 2.25 bits per heavy atom. The predicted octanol–water partition coefficient (Wildman–Crippen LogP) is 6.25. The third kappa shape index (κ3) is 3.04. The van der Waals surface area contributed by atoms with Crippen molar-refractivity contribution >= 4 is 22.3 Å². The Bertz CT molecular complexity index is 1320. The van der Waals surface area contributed by atoms with Crippen LogP contribution in [0.5, 0.6) is 0 Å². The SMILES string of the molecule is O=c1oc2ccccc2cc1-c1ncc(-c2ccc(-c3ccccc3)cc2)s1. The molecule has 134 valence electrons. The molecule has 0 radical (unpaired) electrons. The Labute approximate surface area is 165 Å². The average molecular weight is 381 g/mol. The smallest absolute Gasteiger partial charge is 0.346 e. The lowest BCUT2D eigenvalue weighted by molar-refractivity contribution is 0.563. The molecule has 0 unspecified atom stereocenters. The number of hydrogen-bond donors (Lipinski definition) is 0. The average Bonchev–Trinajstić information content (AvgIpc) is 3.24. The molecule has 0 atom stereocenters. The van der Waals surface area contributed by atoms with E-state index in [0.717, 1.165) is 15.8 Å². The topological polar surface area (TPSA) is 43.1 Å². The summed E-state index contributed by atoms with van der Waals surface area (Å²) in [6.07, 6.45) is 1.81. The van der Waals surface area contributed by atoms with Crippen molar-refractivity contribution in [1.82, 2.24) is 4.98 Å². The van der Waals surface area contributed by atoms with Gasteiger partial charge in [0.05, 0.1) is 10.4 Å². The molecule has 0 aliphatic carbocycles. The van der Waals surface area contributed by atoms with E-state index in [1.54, 1.807) is 6.07 Å². The summed E-state index contributed by atoms with van der Waals surface area (Å²) in [5, 5.41) is 1.56. The molecule has 0 bridgehead atoms. The Morgan fingerprint density at radius 1 is 0.750 bits per heavy atom. The molecule has 0 aliphatic rings. The first-order valence-electron chi connectivity index (χ1n) is 8.93. The fraction of sp³-hybridized carbons (Fsp3) is 0. The molecule has 5 rings (SSSR count). The number of rotatable bonds is 3. The van der Waals surface area contributed by atoms with Crippen LogP contribution in [0.25, 0.3) is 43.1 Å². The minimum absolute atomic E-state index is 0.362. The molecule has 2 heterocycles. The van der Waals surface area contributed by atoms with Gasteiger partial charge < -0.3 is 4.42 Å². The first-order valence-corrected chi connectivity index (χ1v) is 9.74. The summed E-state index contributed by atoms with van der Waals surface area (Å²) in [6, 6.07) is 28.0. The van der Waals surface area contributed by atoms with E-state index in [0.29, 0.717) is 16.2 Å². The predicted molar refractivity (Wildman–Crippen MR) is 114 cm³/mol. The Morgan fingerprint density at radius 2 is 1.43 bits per heavy atom. The summed E-state index contributed by atoms with van der Waals surface area (Å²) in [5.74, 6) is 0. The van der Waals surface area contributed by atoms with Crippen molar-refractivity contribution in [3.63, 3.8) is 0 Å². The fourth-order valence-electron chi connectivity index (χ4n) is 3.20. The highest BCUT2D eigenvalue weighted by Crippen LogP contribution is 2.33. The second-order valence-electron chi connectivity index (χ2n) is 6.46. The zero-order chi connectivity index (χ0) is 18.9. The monoisotopic (exact) mass is 381 g/mol. The van der Waals surface area contributed by atoms with E-state index in [2.05, 4.69) is 41.4 Å². The van der Waals surface area contributed by atoms with E-state index in [9.17, 15) is 4.79 Å². The van der Waals surface area contributed by atoms with Crippen LogP contribution < -0.4 is 5.63 Å². The third-order valence-electron chi connectivity index (χ3n) is 4.65. The van der Waals surface area contributed by atoms with E-state index in [-0.39, 0.29) is 5.63 Å². The lowest BCUT2D eigenvalue weighted by Crippen LogP contribution is -2.01. The van der Waals surface area contributed by atoms with Crippen LogP contribution in [0, 0.1) is 0 Å². The fourth-order valence-corrected chi connectivity index (χ4v) is 4.13. The van der Waals surface area contributed by atoms with Crippen molar-refractivity contribution in [1.29, 1.82) is 0 Å². The van der Waals surface area contributed by atoms with Crippen LogP contribution in [-0.2, 0) is 0 Å². The van der Waals surface area contributed by atoms with Crippen LogP contribution in [0.15, 0.2) is 100 Å². The van der Waals surface area contributed by atoms with Gasteiger partial charge >= 0.3 is 5.63 Å². The van der Waals surface area contributed by atoms with Gasteiger partial charge in [-0.2, -0.15) is 0 Å². The van der Waals surface area contributed by atoms with Crippen molar-refractivity contribution in [2.45, 2.75) is 0 Å². The summed E-state index contributed by atoms with van der Waals surface area (Å²) < 4.78 is 5.44. The van der Waals surface area contributed by atoms with Gasteiger partial charge in [-0.1, -0.05) is 72.8 Å². The van der Waals surface area contributed by atoms with Gasteiger partial charge in [0.25, 0.3) is 0 Å². The second kappa shape index (κ2) is 6.91. The van der Waals surface area contributed by atoms with Gasteiger partial charge in [0, 0.05) is 11.6 Å². The molecule has 4 heteroatoms. The molecule has 2 aromatic heterocycles. The highest BCUT2D eigenvalue weighted by atomic mass is 32.1. The lowest BCUT2D eigenvalue weighted by Gasteiger charge is -2.03. The number of fused-ring (bicyclic) bond motifs is 1. The van der Waals surface area contributed by atoms with E-state index >= 15 is 0 Å². The molecular formula is C24H15NO2S. The van der Waals surface area contributed by atoms with Gasteiger partial charge in [-0.25, -0.2) is 9.78 Å². The zero-order valence-electron chi connectivity index (χ0n) is 14.8. The van der Waals surface area contributed by atoms with Gasteiger partial charge in [0.2, 0.25) is 0 Å². The number of benzene rings is 3. The van der Waals surface area contributed by atoms with Crippen LogP contribution in [0.4, 0.5) is 0 Å². The number of hydrogen-bond acceptors (Lipinski definition) is 4. The number of nitrogens with zero attached hydrogens (tertiary/aromatic N) is 1. The van der Waals surface area contributed by atoms with Crippen LogP contribution in [0.2, 0.25) is 0 Å². The normalized spacial score (nSPS) is 11.0. The number of para-hydroxylation sites is 1. The molecule has 0 spiro atoms. The van der Waals surface area contributed by atoms with Gasteiger partial charge in [-0.05, 0) is 28.8 Å². The van der Waals surface area contributed by atoms with Crippen LogP contribution in [-0.4, -0.2) is 4.98 Å². The molecule has 0 fully saturated rings. The molecule has 0 amide bonds. The summed E-state index contributed by atoms with van der Waals surface area (Å²) in [4.78, 5) is 17.9. The van der Waals surface area contributed by atoms with Crippen LogP contribution in [0.1, 0.15) is 0 Å². The zero-order valence-corrected chi connectivity index (χ0v) is 15.6. The van der Waals surface area contributed by atoms with Crippen molar-refractivity contribution in [2.75, 3.05) is 0 Å². The third-order valence-corrected chi connectivity index (χ3v) is 5.73.